The van der Waals surface area contributed by atoms with Crippen molar-refractivity contribution in [1.82, 2.24) is 20.2 Å². The van der Waals surface area contributed by atoms with Crippen molar-refractivity contribution >= 4 is 5.69 Å². The van der Waals surface area contributed by atoms with Crippen molar-refractivity contribution in [3.05, 3.63) is 54.1 Å². The van der Waals surface area contributed by atoms with Crippen molar-refractivity contribution in [3.63, 3.8) is 0 Å². The molecule has 0 aliphatic carbocycles. The number of rotatable bonds is 2. The van der Waals surface area contributed by atoms with E-state index in [0.717, 1.165) is 16.8 Å². The van der Waals surface area contributed by atoms with E-state index in [1.807, 2.05) is 55.5 Å². The normalized spacial score (nSPS) is 10.6. The molecule has 1 aromatic heterocycles. The summed E-state index contributed by atoms with van der Waals surface area (Å²) in [6.07, 6.45) is 0. The summed E-state index contributed by atoms with van der Waals surface area (Å²) >= 11 is 0. The summed E-state index contributed by atoms with van der Waals surface area (Å²) in [7, 11) is 0. The molecule has 0 radical (unpaired) electrons. The molecule has 0 bridgehead atoms. The molecule has 3 rings (SSSR count). The Morgan fingerprint density at radius 1 is 1.05 bits per heavy atom. The van der Waals surface area contributed by atoms with Gasteiger partial charge in [0.25, 0.3) is 0 Å². The van der Waals surface area contributed by atoms with Gasteiger partial charge < -0.3 is 5.73 Å². The first-order chi connectivity index (χ1) is 9.25. The van der Waals surface area contributed by atoms with Crippen LogP contribution in [-0.2, 0) is 0 Å². The molecule has 0 aliphatic rings. The molecule has 2 N–H and O–H groups in total. The Bertz CT molecular complexity index is 703. The molecular formula is C14H13N5. The number of hydrogen-bond donors (Lipinski definition) is 1. The first-order valence-corrected chi connectivity index (χ1v) is 5.96. The molecule has 0 aliphatic heterocycles. The summed E-state index contributed by atoms with van der Waals surface area (Å²) in [6, 6.07) is 15.6. The highest BCUT2D eigenvalue weighted by atomic mass is 15.5. The Morgan fingerprint density at radius 2 is 1.84 bits per heavy atom. The van der Waals surface area contributed by atoms with E-state index in [9.17, 15) is 0 Å². The molecule has 2 aromatic carbocycles. The van der Waals surface area contributed by atoms with Gasteiger partial charge in [-0.15, -0.1) is 5.10 Å². The summed E-state index contributed by atoms with van der Waals surface area (Å²) in [6.45, 7) is 2.01. The lowest BCUT2D eigenvalue weighted by atomic mass is 10.1. The van der Waals surface area contributed by atoms with Gasteiger partial charge in [-0.3, -0.25) is 0 Å². The number of nitrogens with two attached hydrogens (primary N) is 1. The number of hydrogen-bond acceptors (Lipinski definition) is 4. The number of para-hydroxylation sites is 1. The first kappa shape index (κ1) is 11.4. The van der Waals surface area contributed by atoms with Crippen molar-refractivity contribution < 1.29 is 0 Å². The second-order valence-electron chi connectivity index (χ2n) is 4.34. The summed E-state index contributed by atoms with van der Waals surface area (Å²) in [5.74, 6) is 0.646. The molecule has 5 nitrogen and oxygen atoms in total. The van der Waals surface area contributed by atoms with E-state index >= 15 is 0 Å². The molecule has 0 amide bonds. The van der Waals surface area contributed by atoms with E-state index in [4.69, 9.17) is 5.73 Å². The molecule has 1 heterocycles. The number of nitrogen functional groups attached to an aromatic ring is 1. The number of nitrogens with zero attached hydrogens (tertiary/aromatic N) is 4. The zero-order valence-corrected chi connectivity index (χ0v) is 10.5. The zero-order valence-electron chi connectivity index (χ0n) is 10.5. The molecule has 0 saturated heterocycles. The number of aryl methyl sites for hydroxylation is 1. The summed E-state index contributed by atoms with van der Waals surface area (Å²) in [5, 5.41) is 11.9. The third kappa shape index (κ3) is 2.06. The minimum Gasteiger partial charge on any atom is -0.398 e. The van der Waals surface area contributed by atoms with Crippen molar-refractivity contribution in [3.8, 4) is 17.1 Å². The quantitative estimate of drug-likeness (QED) is 0.709. The third-order valence-electron chi connectivity index (χ3n) is 2.92. The van der Waals surface area contributed by atoms with Gasteiger partial charge in [0.05, 0.1) is 5.69 Å². The minimum absolute atomic E-state index is 0.646. The van der Waals surface area contributed by atoms with Crippen LogP contribution in [0.3, 0.4) is 0 Å². The monoisotopic (exact) mass is 251 g/mol. The summed E-state index contributed by atoms with van der Waals surface area (Å²) in [4.78, 5) is 0. The molecule has 5 heteroatoms. The van der Waals surface area contributed by atoms with Crippen LogP contribution >= 0.6 is 0 Å². The lowest BCUT2D eigenvalue weighted by Gasteiger charge is -2.07. The van der Waals surface area contributed by atoms with Crippen LogP contribution < -0.4 is 5.73 Å². The van der Waals surface area contributed by atoms with E-state index in [2.05, 4.69) is 15.5 Å². The van der Waals surface area contributed by atoms with Crippen LogP contribution in [0.25, 0.3) is 17.1 Å². The lowest BCUT2D eigenvalue weighted by molar-refractivity contribution is 0.791. The zero-order chi connectivity index (χ0) is 13.2. The average molecular weight is 251 g/mol. The van der Waals surface area contributed by atoms with Crippen molar-refractivity contribution in [2.75, 3.05) is 5.73 Å². The van der Waals surface area contributed by atoms with Crippen LogP contribution in [-0.4, -0.2) is 20.2 Å². The van der Waals surface area contributed by atoms with Crippen LogP contribution in [0.1, 0.15) is 5.56 Å². The first-order valence-electron chi connectivity index (χ1n) is 5.96. The highest BCUT2D eigenvalue weighted by molar-refractivity contribution is 5.73. The number of benzene rings is 2. The van der Waals surface area contributed by atoms with Gasteiger partial charge >= 0.3 is 0 Å². The van der Waals surface area contributed by atoms with E-state index in [1.54, 1.807) is 4.68 Å². The average Bonchev–Trinajstić information content (AvgIpc) is 2.91. The third-order valence-corrected chi connectivity index (χ3v) is 2.92. The maximum absolute atomic E-state index is 6.02. The molecule has 0 atom stereocenters. The predicted molar refractivity (Wildman–Crippen MR) is 73.7 cm³/mol. The van der Waals surface area contributed by atoms with Crippen molar-refractivity contribution in [2.45, 2.75) is 6.92 Å². The molecule has 3 aromatic rings. The van der Waals surface area contributed by atoms with Crippen LogP contribution in [0.4, 0.5) is 5.69 Å². The molecule has 19 heavy (non-hydrogen) atoms. The molecule has 0 fully saturated rings. The van der Waals surface area contributed by atoms with Gasteiger partial charge in [0, 0.05) is 11.3 Å². The lowest BCUT2D eigenvalue weighted by Crippen LogP contribution is -2.01. The van der Waals surface area contributed by atoms with Crippen molar-refractivity contribution in [1.29, 1.82) is 0 Å². The van der Waals surface area contributed by atoms with Crippen molar-refractivity contribution in [2.24, 2.45) is 0 Å². The molecule has 94 valence electrons. The topological polar surface area (TPSA) is 69.6 Å². The molecule has 0 spiro atoms. The fourth-order valence-electron chi connectivity index (χ4n) is 1.96. The van der Waals surface area contributed by atoms with Crippen LogP contribution in [0.5, 0.6) is 0 Å². The maximum Gasteiger partial charge on any atom is 0.189 e. The second kappa shape index (κ2) is 4.53. The number of aromatic nitrogens is 4. The predicted octanol–water partition coefficient (Wildman–Crippen LogP) is 2.22. The smallest absolute Gasteiger partial charge is 0.189 e. The fraction of sp³-hybridized carbons (Fsp3) is 0.0714. The Morgan fingerprint density at radius 3 is 2.63 bits per heavy atom. The van der Waals surface area contributed by atoms with E-state index in [0.29, 0.717) is 11.5 Å². The number of anilines is 1. The minimum atomic E-state index is 0.646. The Labute approximate surface area is 110 Å². The summed E-state index contributed by atoms with van der Waals surface area (Å²) in [5.41, 5.74) is 9.55. The highest BCUT2D eigenvalue weighted by Crippen LogP contribution is 2.26. The highest BCUT2D eigenvalue weighted by Gasteiger charge is 2.13. The van der Waals surface area contributed by atoms with Crippen LogP contribution in [0.15, 0.2) is 48.5 Å². The standard InChI is InChI=1S/C14H13N5/c1-10-7-8-13(15)12(9-10)14-16-17-18-19(14)11-5-3-2-4-6-11/h2-9H,15H2,1H3. The summed E-state index contributed by atoms with van der Waals surface area (Å²) < 4.78 is 1.69. The Balaban J connectivity index is 2.18. The van der Waals surface area contributed by atoms with E-state index in [-0.39, 0.29) is 0 Å². The Hall–Kier alpha value is -2.69. The van der Waals surface area contributed by atoms with E-state index < -0.39 is 0 Å². The van der Waals surface area contributed by atoms with Gasteiger partial charge in [-0.05, 0) is 41.6 Å². The van der Waals surface area contributed by atoms with Gasteiger partial charge in [-0.2, -0.15) is 4.68 Å². The second-order valence-corrected chi connectivity index (χ2v) is 4.34. The van der Waals surface area contributed by atoms with Gasteiger partial charge in [0.15, 0.2) is 5.82 Å². The van der Waals surface area contributed by atoms with Crippen LogP contribution in [0.2, 0.25) is 0 Å². The molecule has 0 saturated carbocycles. The maximum atomic E-state index is 6.02. The van der Waals surface area contributed by atoms with Gasteiger partial charge in [-0.1, -0.05) is 29.8 Å². The Kier molecular flexibility index (Phi) is 2.72. The van der Waals surface area contributed by atoms with Gasteiger partial charge in [0.2, 0.25) is 0 Å². The fourth-order valence-corrected chi connectivity index (χ4v) is 1.96. The molecular weight excluding hydrogens is 238 g/mol. The van der Waals surface area contributed by atoms with E-state index in [1.165, 1.54) is 0 Å². The largest absolute Gasteiger partial charge is 0.398 e. The van der Waals surface area contributed by atoms with Gasteiger partial charge in [-0.25, -0.2) is 0 Å². The van der Waals surface area contributed by atoms with Gasteiger partial charge in [0.1, 0.15) is 0 Å². The number of tetrazole rings is 1. The SMILES string of the molecule is Cc1ccc(N)c(-c2nnnn2-c2ccccc2)c1. The van der Waals surface area contributed by atoms with Crippen LogP contribution in [0, 0.1) is 6.92 Å². The molecule has 0 unspecified atom stereocenters.